The minimum absolute atomic E-state index is 0. The van der Waals surface area contributed by atoms with Gasteiger partial charge in [-0.2, -0.15) is 13.2 Å². The maximum Gasteiger partial charge on any atom is 0.431 e. The maximum absolute atomic E-state index is 13.8. The number of likely N-dealkylation sites (tertiary alicyclic amines) is 1. The molecule has 0 saturated carbocycles. The van der Waals surface area contributed by atoms with Gasteiger partial charge in [0.25, 0.3) is 5.91 Å². The maximum atomic E-state index is 13.8. The molecule has 4 heterocycles. The molecular weight excluding hydrogens is 461 g/mol. The number of aromatic nitrogens is 1. The van der Waals surface area contributed by atoms with Crippen molar-refractivity contribution in [2.75, 3.05) is 26.3 Å². The van der Waals surface area contributed by atoms with E-state index in [1.807, 2.05) is 0 Å². The van der Waals surface area contributed by atoms with Gasteiger partial charge in [-0.05, 0) is 42.0 Å². The zero-order valence-corrected chi connectivity index (χ0v) is 18.7. The van der Waals surface area contributed by atoms with Crippen LogP contribution in [0.15, 0.2) is 60.7 Å². The first-order valence-corrected chi connectivity index (χ1v) is 11.5. The number of carbonyl (C=O) groups excluding carboxylic acids is 1. The van der Waals surface area contributed by atoms with Gasteiger partial charge in [-0.3, -0.25) is 4.79 Å². The van der Waals surface area contributed by atoms with Crippen LogP contribution in [-0.2, 0) is 22.1 Å². The number of benzene rings is 2. The molecule has 1 spiro atoms. The first-order chi connectivity index (χ1) is 16.7. The zero-order chi connectivity index (χ0) is 24.4. The molecule has 0 radical (unpaired) electrons. The average molecular weight is 486 g/mol. The Morgan fingerprint density at radius 1 is 0.971 bits per heavy atom. The minimum atomic E-state index is -4.51. The number of halogens is 3. The lowest BCUT2D eigenvalue weighted by atomic mass is 9.86. The summed E-state index contributed by atoms with van der Waals surface area (Å²) < 4.78 is 54.1. The lowest BCUT2D eigenvalue weighted by Gasteiger charge is -2.45. The van der Waals surface area contributed by atoms with Crippen LogP contribution in [0.25, 0.3) is 5.69 Å². The van der Waals surface area contributed by atoms with Gasteiger partial charge in [0.1, 0.15) is 17.0 Å². The smallest absolute Gasteiger partial charge is 0.431 e. The molecule has 1 amide bonds. The molecule has 1 aromatic heterocycles. The monoisotopic (exact) mass is 486 g/mol. The Morgan fingerprint density at radius 3 is 2.29 bits per heavy atom. The standard InChI is InChI=1S/C26H23F3N2O4.H2/c27-26(28,29)22-10-9-21-25(35-20-4-2-1-3-19(20)31(21)22)11-13-30(14-12-25)23(32)17-5-7-18(8-6-17)24(33)15-34-16-24;/h1-10,33H,11-16H2;1H. The Bertz CT molecular complexity index is 1290. The first-order valence-electron chi connectivity index (χ1n) is 11.5. The summed E-state index contributed by atoms with van der Waals surface area (Å²) in [5.41, 5.74) is -0.679. The molecule has 6 rings (SSSR count). The lowest BCUT2D eigenvalue weighted by molar-refractivity contribution is -0.184. The summed E-state index contributed by atoms with van der Waals surface area (Å²) in [7, 11) is 0. The Kier molecular flexibility index (Phi) is 4.82. The predicted molar refractivity (Wildman–Crippen MR) is 121 cm³/mol. The molecule has 3 aliphatic heterocycles. The molecule has 0 atom stereocenters. The number of aliphatic hydroxyl groups is 1. The van der Waals surface area contributed by atoms with Crippen molar-refractivity contribution >= 4 is 5.91 Å². The number of amides is 1. The van der Waals surface area contributed by atoms with Gasteiger partial charge in [0.15, 0.2) is 5.60 Å². The Hall–Kier alpha value is -3.30. The van der Waals surface area contributed by atoms with E-state index in [-0.39, 0.29) is 20.5 Å². The molecule has 2 fully saturated rings. The summed E-state index contributed by atoms with van der Waals surface area (Å²) in [6.07, 6.45) is -3.78. The topological polar surface area (TPSA) is 63.9 Å². The number of alkyl halides is 3. The molecule has 35 heavy (non-hydrogen) atoms. The number of nitrogens with zero attached hydrogens (tertiary/aromatic N) is 2. The second-order valence-corrected chi connectivity index (χ2v) is 9.39. The molecule has 9 heteroatoms. The Balaban J connectivity index is 0.00000267. The van der Waals surface area contributed by atoms with Crippen molar-refractivity contribution in [1.82, 2.24) is 9.47 Å². The highest BCUT2D eigenvalue weighted by Crippen LogP contribution is 2.48. The van der Waals surface area contributed by atoms with E-state index in [1.165, 1.54) is 10.6 Å². The van der Waals surface area contributed by atoms with Crippen LogP contribution in [0.5, 0.6) is 5.75 Å². The van der Waals surface area contributed by atoms with Crippen molar-refractivity contribution < 1.29 is 34.0 Å². The number of hydrogen-bond donors (Lipinski definition) is 1. The number of para-hydroxylation sites is 2. The second kappa shape index (κ2) is 7.60. The molecule has 6 nitrogen and oxygen atoms in total. The Morgan fingerprint density at radius 2 is 1.66 bits per heavy atom. The highest BCUT2D eigenvalue weighted by Gasteiger charge is 2.48. The van der Waals surface area contributed by atoms with E-state index in [4.69, 9.17) is 9.47 Å². The number of rotatable bonds is 2. The van der Waals surface area contributed by atoms with Crippen molar-refractivity contribution in [2.24, 2.45) is 0 Å². The molecule has 2 aromatic carbocycles. The number of fused-ring (bicyclic) bond motifs is 4. The highest BCUT2D eigenvalue weighted by molar-refractivity contribution is 5.94. The van der Waals surface area contributed by atoms with E-state index < -0.39 is 23.1 Å². The van der Waals surface area contributed by atoms with Crippen molar-refractivity contribution in [3.05, 3.63) is 83.2 Å². The summed E-state index contributed by atoms with van der Waals surface area (Å²) in [5, 5.41) is 10.4. The molecule has 184 valence electrons. The lowest BCUT2D eigenvalue weighted by Crippen LogP contribution is -2.50. The van der Waals surface area contributed by atoms with Crippen LogP contribution in [0.4, 0.5) is 13.2 Å². The number of carbonyl (C=O) groups is 1. The fraction of sp³-hybridized carbons (Fsp3) is 0.346. The van der Waals surface area contributed by atoms with E-state index in [0.717, 1.165) is 6.07 Å². The van der Waals surface area contributed by atoms with Gasteiger partial charge in [0, 0.05) is 32.9 Å². The number of ether oxygens (including phenoxy) is 2. The molecule has 1 N–H and O–H groups in total. The first kappa shape index (κ1) is 22.2. The molecule has 0 unspecified atom stereocenters. The summed E-state index contributed by atoms with van der Waals surface area (Å²) in [6, 6.07) is 16.2. The van der Waals surface area contributed by atoms with E-state index in [1.54, 1.807) is 53.4 Å². The van der Waals surface area contributed by atoms with E-state index in [9.17, 15) is 23.1 Å². The van der Waals surface area contributed by atoms with Gasteiger partial charge in [-0.1, -0.05) is 24.3 Å². The van der Waals surface area contributed by atoms with Gasteiger partial charge in [0.05, 0.1) is 24.6 Å². The van der Waals surface area contributed by atoms with Crippen LogP contribution in [0.3, 0.4) is 0 Å². The highest BCUT2D eigenvalue weighted by atomic mass is 19.4. The third-order valence-electron chi connectivity index (χ3n) is 7.26. The summed E-state index contributed by atoms with van der Waals surface area (Å²) >= 11 is 0. The van der Waals surface area contributed by atoms with Crippen LogP contribution < -0.4 is 4.74 Å². The summed E-state index contributed by atoms with van der Waals surface area (Å²) in [4.78, 5) is 14.8. The average Bonchev–Trinajstić information content (AvgIpc) is 3.30. The summed E-state index contributed by atoms with van der Waals surface area (Å²) in [5.74, 6) is 0.237. The van der Waals surface area contributed by atoms with Crippen molar-refractivity contribution in [3.63, 3.8) is 0 Å². The van der Waals surface area contributed by atoms with Crippen molar-refractivity contribution in [1.29, 1.82) is 0 Å². The van der Waals surface area contributed by atoms with Gasteiger partial charge in [0.2, 0.25) is 0 Å². The fourth-order valence-electron chi connectivity index (χ4n) is 5.26. The minimum Gasteiger partial charge on any atom is -0.479 e. The van der Waals surface area contributed by atoms with Crippen LogP contribution in [0, 0.1) is 0 Å². The second-order valence-electron chi connectivity index (χ2n) is 9.39. The Labute approximate surface area is 201 Å². The molecule has 3 aliphatic rings. The van der Waals surface area contributed by atoms with Crippen LogP contribution in [0.2, 0.25) is 0 Å². The van der Waals surface area contributed by atoms with Gasteiger partial charge < -0.3 is 24.0 Å². The number of piperidine rings is 1. The zero-order valence-electron chi connectivity index (χ0n) is 18.7. The third kappa shape index (κ3) is 3.44. The largest absolute Gasteiger partial charge is 0.479 e. The van der Waals surface area contributed by atoms with Gasteiger partial charge >= 0.3 is 6.18 Å². The molecule has 0 bridgehead atoms. The van der Waals surface area contributed by atoms with Gasteiger partial charge in [-0.15, -0.1) is 0 Å². The molecule has 3 aromatic rings. The van der Waals surface area contributed by atoms with Crippen molar-refractivity contribution in [3.8, 4) is 11.4 Å². The van der Waals surface area contributed by atoms with E-state index in [2.05, 4.69) is 0 Å². The SMILES string of the molecule is O=C(c1ccc(C2(O)COC2)cc1)N1CCC2(CC1)Oc1ccccc1-n1c(C(F)(F)F)ccc12.[HH]. The predicted octanol–water partition coefficient (Wildman–Crippen LogP) is 4.48. The molecule has 0 aliphatic carbocycles. The molecular formula is C26H25F3N2O4. The quantitative estimate of drug-likeness (QED) is 0.580. The third-order valence-corrected chi connectivity index (χ3v) is 7.26. The summed E-state index contributed by atoms with van der Waals surface area (Å²) in [6.45, 7) is 1.14. The van der Waals surface area contributed by atoms with Crippen molar-refractivity contribution in [2.45, 2.75) is 30.2 Å². The van der Waals surface area contributed by atoms with E-state index >= 15 is 0 Å². The normalized spacial score (nSPS) is 19.9. The number of hydrogen-bond acceptors (Lipinski definition) is 4. The van der Waals surface area contributed by atoms with Crippen LogP contribution >= 0.6 is 0 Å². The van der Waals surface area contributed by atoms with Gasteiger partial charge in [-0.25, -0.2) is 0 Å². The van der Waals surface area contributed by atoms with Crippen LogP contribution in [0.1, 0.15) is 41.6 Å². The molecule has 2 saturated heterocycles. The fourth-order valence-corrected chi connectivity index (χ4v) is 5.26. The van der Waals surface area contributed by atoms with E-state index in [0.29, 0.717) is 54.2 Å². The van der Waals surface area contributed by atoms with Crippen LogP contribution in [-0.4, -0.2) is 46.8 Å².